The van der Waals surface area contributed by atoms with Gasteiger partial charge < -0.3 is 4.90 Å². The molecule has 0 aliphatic carbocycles. The molecule has 4 heteroatoms. The number of hydrogen-bond donors (Lipinski definition) is 0. The second kappa shape index (κ2) is 6.71. The highest BCUT2D eigenvalue weighted by Gasteiger charge is 2.18. The van der Waals surface area contributed by atoms with Gasteiger partial charge in [-0.15, -0.1) is 0 Å². The van der Waals surface area contributed by atoms with Crippen LogP contribution in [0.2, 0.25) is 0 Å². The van der Waals surface area contributed by atoms with E-state index in [1.807, 2.05) is 23.1 Å². The number of halogens is 2. The summed E-state index contributed by atoms with van der Waals surface area (Å²) in [5.74, 6) is 0.144. The Morgan fingerprint density at radius 3 is 2.28 bits per heavy atom. The zero-order chi connectivity index (χ0) is 13.0. The third-order valence-electron chi connectivity index (χ3n) is 3.30. The van der Waals surface area contributed by atoms with Crippen molar-refractivity contribution in [2.75, 3.05) is 13.1 Å². The Labute approximate surface area is 125 Å². The zero-order valence-corrected chi connectivity index (χ0v) is 13.5. The molecule has 2 nitrogen and oxygen atoms in total. The standard InChI is InChI=1S/C14H17Br2NO/c15-11-6-7-13(16)12(10-11)14(18)17-8-4-2-1-3-5-9-17/h6-7,10H,1-5,8-9H2. The Morgan fingerprint density at radius 2 is 1.61 bits per heavy atom. The largest absolute Gasteiger partial charge is 0.339 e. The van der Waals surface area contributed by atoms with Crippen LogP contribution < -0.4 is 0 Å². The smallest absolute Gasteiger partial charge is 0.255 e. The van der Waals surface area contributed by atoms with Crippen LogP contribution in [0, 0.1) is 0 Å². The molecule has 0 bridgehead atoms. The van der Waals surface area contributed by atoms with Crippen molar-refractivity contribution >= 4 is 37.8 Å². The van der Waals surface area contributed by atoms with Gasteiger partial charge in [0.15, 0.2) is 0 Å². The van der Waals surface area contributed by atoms with Crippen LogP contribution in [0.3, 0.4) is 0 Å². The Morgan fingerprint density at radius 1 is 1.00 bits per heavy atom. The lowest BCUT2D eigenvalue weighted by Crippen LogP contribution is -2.34. The van der Waals surface area contributed by atoms with Crippen molar-refractivity contribution in [1.29, 1.82) is 0 Å². The first-order valence-electron chi connectivity index (χ1n) is 6.43. The number of benzene rings is 1. The third kappa shape index (κ3) is 3.58. The molecular weight excluding hydrogens is 358 g/mol. The summed E-state index contributed by atoms with van der Waals surface area (Å²) in [5, 5.41) is 0. The second-order valence-corrected chi connectivity index (χ2v) is 6.45. The van der Waals surface area contributed by atoms with Crippen molar-refractivity contribution in [1.82, 2.24) is 4.90 Å². The van der Waals surface area contributed by atoms with Crippen LogP contribution in [-0.2, 0) is 0 Å². The molecule has 0 unspecified atom stereocenters. The Hall–Kier alpha value is -0.350. The van der Waals surface area contributed by atoms with Gasteiger partial charge in [0.1, 0.15) is 0 Å². The third-order valence-corrected chi connectivity index (χ3v) is 4.49. The number of carbonyl (C=O) groups is 1. The van der Waals surface area contributed by atoms with Crippen molar-refractivity contribution in [2.24, 2.45) is 0 Å². The van der Waals surface area contributed by atoms with Crippen LogP contribution in [-0.4, -0.2) is 23.9 Å². The summed E-state index contributed by atoms with van der Waals surface area (Å²) in [6.45, 7) is 1.77. The topological polar surface area (TPSA) is 20.3 Å². The summed E-state index contributed by atoms with van der Waals surface area (Å²) in [6, 6.07) is 5.75. The monoisotopic (exact) mass is 373 g/mol. The lowest BCUT2D eigenvalue weighted by atomic mass is 10.1. The van der Waals surface area contributed by atoms with E-state index >= 15 is 0 Å². The van der Waals surface area contributed by atoms with E-state index in [9.17, 15) is 4.79 Å². The molecule has 1 aromatic rings. The number of amides is 1. The summed E-state index contributed by atoms with van der Waals surface area (Å²) < 4.78 is 1.82. The molecule has 0 N–H and O–H groups in total. The molecule has 1 heterocycles. The minimum Gasteiger partial charge on any atom is -0.339 e. The summed E-state index contributed by atoms with van der Waals surface area (Å²) in [7, 11) is 0. The fourth-order valence-electron chi connectivity index (χ4n) is 2.28. The molecule has 18 heavy (non-hydrogen) atoms. The van der Waals surface area contributed by atoms with Crippen LogP contribution in [0.4, 0.5) is 0 Å². The minimum atomic E-state index is 0.144. The van der Waals surface area contributed by atoms with E-state index in [1.165, 1.54) is 19.3 Å². The maximum Gasteiger partial charge on any atom is 0.255 e. The second-order valence-electron chi connectivity index (χ2n) is 4.68. The number of carbonyl (C=O) groups excluding carboxylic acids is 1. The molecule has 1 saturated heterocycles. The highest BCUT2D eigenvalue weighted by atomic mass is 79.9. The first kappa shape index (κ1) is 14.1. The molecule has 0 saturated carbocycles. The van der Waals surface area contributed by atoms with Gasteiger partial charge in [-0.2, -0.15) is 0 Å². The van der Waals surface area contributed by atoms with E-state index in [4.69, 9.17) is 0 Å². The molecule has 0 aromatic heterocycles. The van der Waals surface area contributed by atoms with Crippen molar-refractivity contribution in [3.8, 4) is 0 Å². The van der Waals surface area contributed by atoms with Gasteiger partial charge in [0, 0.05) is 22.0 Å². The molecule has 98 valence electrons. The molecule has 1 aromatic carbocycles. The molecule has 0 radical (unpaired) electrons. The highest BCUT2D eigenvalue weighted by molar-refractivity contribution is 9.11. The zero-order valence-electron chi connectivity index (χ0n) is 10.3. The number of likely N-dealkylation sites (tertiary alicyclic amines) is 1. The van der Waals surface area contributed by atoms with Gasteiger partial charge in [0.05, 0.1) is 5.56 Å². The van der Waals surface area contributed by atoms with E-state index in [1.54, 1.807) is 0 Å². The molecular formula is C14H17Br2NO. The Bertz CT molecular complexity index is 426. The van der Waals surface area contributed by atoms with Crippen LogP contribution >= 0.6 is 31.9 Å². The average molecular weight is 375 g/mol. The Kier molecular flexibility index (Phi) is 5.25. The first-order valence-corrected chi connectivity index (χ1v) is 8.01. The van der Waals surface area contributed by atoms with Crippen molar-refractivity contribution in [3.05, 3.63) is 32.7 Å². The van der Waals surface area contributed by atoms with Gasteiger partial charge in [-0.1, -0.05) is 35.2 Å². The fraction of sp³-hybridized carbons (Fsp3) is 0.500. The number of nitrogens with zero attached hydrogens (tertiary/aromatic N) is 1. The van der Waals surface area contributed by atoms with Gasteiger partial charge in [0.25, 0.3) is 5.91 Å². The summed E-state index contributed by atoms with van der Waals surface area (Å²) in [6.07, 6.45) is 6.03. The maximum atomic E-state index is 12.5. The van der Waals surface area contributed by atoms with Gasteiger partial charge in [0.2, 0.25) is 0 Å². The lowest BCUT2D eigenvalue weighted by molar-refractivity contribution is 0.0741. The van der Waals surface area contributed by atoms with Crippen LogP contribution in [0.1, 0.15) is 42.5 Å². The summed E-state index contributed by atoms with van der Waals surface area (Å²) in [4.78, 5) is 14.5. The predicted molar refractivity (Wildman–Crippen MR) is 80.8 cm³/mol. The van der Waals surface area contributed by atoms with Crippen LogP contribution in [0.15, 0.2) is 27.1 Å². The predicted octanol–water partition coefficient (Wildman–Crippen LogP) is 4.62. The van der Waals surface area contributed by atoms with E-state index in [0.717, 1.165) is 40.4 Å². The van der Waals surface area contributed by atoms with Gasteiger partial charge >= 0.3 is 0 Å². The van der Waals surface area contributed by atoms with E-state index in [0.29, 0.717) is 0 Å². The number of hydrogen-bond acceptors (Lipinski definition) is 1. The molecule has 1 aliphatic heterocycles. The molecule has 2 rings (SSSR count). The summed E-state index contributed by atoms with van der Waals surface area (Å²) in [5.41, 5.74) is 0.755. The Balaban J connectivity index is 2.15. The van der Waals surface area contributed by atoms with Gasteiger partial charge in [-0.25, -0.2) is 0 Å². The minimum absolute atomic E-state index is 0.144. The quantitative estimate of drug-likeness (QED) is 0.702. The van der Waals surface area contributed by atoms with E-state index in [2.05, 4.69) is 31.9 Å². The summed E-state index contributed by atoms with van der Waals surface area (Å²) >= 11 is 6.89. The molecule has 0 spiro atoms. The van der Waals surface area contributed by atoms with Crippen molar-refractivity contribution < 1.29 is 4.79 Å². The lowest BCUT2D eigenvalue weighted by Gasteiger charge is -2.25. The molecule has 1 aliphatic rings. The molecule has 1 fully saturated rings. The molecule has 0 atom stereocenters. The normalized spacial score (nSPS) is 17.1. The van der Waals surface area contributed by atoms with E-state index < -0.39 is 0 Å². The fourth-order valence-corrected chi connectivity index (χ4v) is 3.06. The maximum absolute atomic E-state index is 12.5. The van der Waals surface area contributed by atoms with Crippen LogP contribution in [0.25, 0.3) is 0 Å². The average Bonchev–Trinajstić information content (AvgIpc) is 2.31. The highest BCUT2D eigenvalue weighted by Crippen LogP contribution is 2.24. The molecule has 1 amide bonds. The number of rotatable bonds is 1. The SMILES string of the molecule is O=C(c1cc(Br)ccc1Br)N1CCCCCCC1. The van der Waals surface area contributed by atoms with Crippen molar-refractivity contribution in [2.45, 2.75) is 32.1 Å². The first-order chi connectivity index (χ1) is 8.68. The van der Waals surface area contributed by atoms with Gasteiger partial charge in [-0.3, -0.25) is 4.79 Å². The van der Waals surface area contributed by atoms with Crippen molar-refractivity contribution in [3.63, 3.8) is 0 Å². The van der Waals surface area contributed by atoms with E-state index in [-0.39, 0.29) is 5.91 Å². The van der Waals surface area contributed by atoms with Gasteiger partial charge in [-0.05, 0) is 47.0 Å². The van der Waals surface area contributed by atoms with Crippen LogP contribution in [0.5, 0.6) is 0 Å².